The fraction of sp³-hybridized carbons (Fsp3) is 0.286. The molecule has 0 saturated carbocycles. The van der Waals surface area contributed by atoms with Gasteiger partial charge in [-0.2, -0.15) is 5.10 Å². The zero-order valence-electron chi connectivity index (χ0n) is 15.7. The molecule has 1 fully saturated rings. The van der Waals surface area contributed by atoms with E-state index in [1.165, 1.54) is 0 Å². The number of amides is 1. The van der Waals surface area contributed by atoms with E-state index in [2.05, 4.69) is 15.4 Å². The summed E-state index contributed by atoms with van der Waals surface area (Å²) in [6, 6.07) is 13.0. The highest BCUT2D eigenvalue weighted by molar-refractivity contribution is 6.05. The molecule has 1 unspecified atom stereocenters. The van der Waals surface area contributed by atoms with Gasteiger partial charge in [0.15, 0.2) is 5.82 Å². The van der Waals surface area contributed by atoms with Crippen molar-refractivity contribution in [3.8, 4) is 11.6 Å². The predicted molar refractivity (Wildman–Crippen MR) is 105 cm³/mol. The number of nitrogens with one attached hydrogen (secondary N) is 1. The molecule has 4 rings (SSSR count). The Morgan fingerprint density at radius 1 is 1.29 bits per heavy atom. The summed E-state index contributed by atoms with van der Waals surface area (Å²) >= 11 is 0. The van der Waals surface area contributed by atoms with Crippen molar-refractivity contribution in [2.75, 3.05) is 18.5 Å². The molecule has 3 aromatic rings. The first-order valence-corrected chi connectivity index (χ1v) is 9.38. The average molecular weight is 378 g/mol. The zero-order valence-corrected chi connectivity index (χ0v) is 15.7. The molecular formula is C21H22N4O3. The highest BCUT2D eigenvalue weighted by atomic mass is 16.5. The van der Waals surface area contributed by atoms with E-state index in [1.807, 2.05) is 49.4 Å². The molecule has 7 nitrogen and oxygen atoms in total. The molecule has 1 aromatic carbocycles. The van der Waals surface area contributed by atoms with E-state index in [9.17, 15) is 4.79 Å². The van der Waals surface area contributed by atoms with Gasteiger partial charge in [0.2, 0.25) is 0 Å². The Morgan fingerprint density at radius 2 is 2.14 bits per heavy atom. The van der Waals surface area contributed by atoms with Crippen LogP contribution >= 0.6 is 0 Å². The lowest BCUT2D eigenvalue weighted by Crippen LogP contribution is -2.16. The third-order valence-electron chi connectivity index (χ3n) is 4.62. The number of hydrogen-bond donors (Lipinski definition) is 1. The maximum Gasteiger partial charge on any atom is 0.259 e. The van der Waals surface area contributed by atoms with Gasteiger partial charge in [-0.3, -0.25) is 4.79 Å². The Bertz CT molecular complexity index is 932. The summed E-state index contributed by atoms with van der Waals surface area (Å²) in [6.45, 7) is 3.36. The molecule has 1 atom stereocenters. The molecule has 0 radical (unpaired) electrons. The van der Waals surface area contributed by atoms with Crippen LogP contribution < -0.4 is 10.1 Å². The van der Waals surface area contributed by atoms with Crippen LogP contribution in [0.4, 0.5) is 5.69 Å². The minimum Gasteiger partial charge on any atom is -0.488 e. The van der Waals surface area contributed by atoms with Crippen molar-refractivity contribution in [1.82, 2.24) is 14.8 Å². The number of rotatable bonds is 6. The minimum atomic E-state index is -0.197. The second-order valence-corrected chi connectivity index (χ2v) is 6.54. The Kier molecular flexibility index (Phi) is 5.34. The predicted octanol–water partition coefficient (Wildman–Crippen LogP) is 3.25. The quantitative estimate of drug-likeness (QED) is 0.712. The molecule has 3 heterocycles. The SMILES string of the molecule is CCc1c(C(=O)Nc2ccc(OC3CCOC3)cc2)cnn1-c1ccccn1. The van der Waals surface area contributed by atoms with Crippen LogP contribution in [-0.4, -0.2) is 40.0 Å². The van der Waals surface area contributed by atoms with Gasteiger partial charge in [-0.05, 0) is 42.8 Å². The van der Waals surface area contributed by atoms with E-state index in [0.29, 0.717) is 30.1 Å². The van der Waals surface area contributed by atoms with Crippen LogP contribution in [0.25, 0.3) is 5.82 Å². The van der Waals surface area contributed by atoms with E-state index in [-0.39, 0.29) is 12.0 Å². The van der Waals surface area contributed by atoms with Gasteiger partial charge in [0, 0.05) is 18.3 Å². The molecule has 1 aliphatic heterocycles. The molecule has 1 N–H and O–H groups in total. The van der Waals surface area contributed by atoms with Crippen LogP contribution in [0.1, 0.15) is 29.4 Å². The van der Waals surface area contributed by atoms with Crippen molar-refractivity contribution >= 4 is 11.6 Å². The second kappa shape index (κ2) is 8.22. The number of pyridine rings is 1. The number of nitrogens with zero attached hydrogens (tertiary/aromatic N) is 3. The molecule has 1 aliphatic rings. The van der Waals surface area contributed by atoms with Gasteiger partial charge in [0.25, 0.3) is 5.91 Å². The van der Waals surface area contributed by atoms with Gasteiger partial charge in [0.1, 0.15) is 11.9 Å². The highest BCUT2D eigenvalue weighted by Gasteiger charge is 2.19. The molecule has 1 amide bonds. The molecule has 7 heteroatoms. The summed E-state index contributed by atoms with van der Waals surface area (Å²) in [4.78, 5) is 17.1. The normalized spacial score (nSPS) is 16.1. The maximum absolute atomic E-state index is 12.8. The smallest absolute Gasteiger partial charge is 0.259 e. The summed E-state index contributed by atoms with van der Waals surface area (Å²) < 4.78 is 12.9. The molecule has 1 saturated heterocycles. The number of hydrogen-bond acceptors (Lipinski definition) is 5. The van der Waals surface area contributed by atoms with Crippen LogP contribution in [0, 0.1) is 0 Å². The van der Waals surface area contributed by atoms with Gasteiger partial charge in [-0.1, -0.05) is 13.0 Å². The molecule has 28 heavy (non-hydrogen) atoms. The van der Waals surface area contributed by atoms with E-state index >= 15 is 0 Å². The zero-order chi connectivity index (χ0) is 19.3. The van der Waals surface area contributed by atoms with Crippen molar-refractivity contribution in [3.05, 3.63) is 66.1 Å². The standard InChI is InChI=1S/C21H22N4O3/c1-2-19-18(13-23-25(19)20-5-3-4-11-22-20)21(26)24-15-6-8-16(9-7-15)28-17-10-12-27-14-17/h3-9,11,13,17H,2,10,12,14H2,1H3,(H,24,26). The highest BCUT2D eigenvalue weighted by Crippen LogP contribution is 2.21. The van der Waals surface area contributed by atoms with Crippen molar-refractivity contribution in [1.29, 1.82) is 0 Å². The Balaban J connectivity index is 1.47. The lowest BCUT2D eigenvalue weighted by atomic mass is 10.2. The van der Waals surface area contributed by atoms with Crippen LogP contribution in [-0.2, 0) is 11.2 Å². The number of carbonyl (C=O) groups is 1. The van der Waals surface area contributed by atoms with Gasteiger partial charge < -0.3 is 14.8 Å². The van der Waals surface area contributed by atoms with E-state index in [0.717, 1.165) is 24.5 Å². The largest absolute Gasteiger partial charge is 0.488 e. The fourth-order valence-electron chi connectivity index (χ4n) is 3.19. The Labute approximate surface area is 163 Å². The fourth-order valence-corrected chi connectivity index (χ4v) is 3.19. The van der Waals surface area contributed by atoms with Crippen molar-refractivity contribution in [2.45, 2.75) is 25.9 Å². The van der Waals surface area contributed by atoms with Crippen LogP contribution in [0.2, 0.25) is 0 Å². The van der Waals surface area contributed by atoms with Gasteiger partial charge in [-0.15, -0.1) is 0 Å². The number of ether oxygens (including phenoxy) is 2. The maximum atomic E-state index is 12.8. The third-order valence-corrected chi connectivity index (χ3v) is 4.62. The number of benzene rings is 1. The number of carbonyl (C=O) groups excluding carboxylic acids is 1. The first-order chi connectivity index (χ1) is 13.7. The van der Waals surface area contributed by atoms with Crippen LogP contribution in [0.3, 0.4) is 0 Å². The monoisotopic (exact) mass is 378 g/mol. The first-order valence-electron chi connectivity index (χ1n) is 9.38. The Morgan fingerprint density at radius 3 is 2.82 bits per heavy atom. The van der Waals surface area contributed by atoms with Crippen LogP contribution in [0.15, 0.2) is 54.9 Å². The number of aromatic nitrogens is 3. The van der Waals surface area contributed by atoms with Crippen molar-refractivity contribution in [2.24, 2.45) is 0 Å². The van der Waals surface area contributed by atoms with E-state index in [4.69, 9.17) is 9.47 Å². The summed E-state index contributed by atoms with van der Waals surface area (Å²) in [5.41, 5.74) is 2.06. The van der Waals surface area contributed by atoms with Crippen molar-refractivity contribution in [3.63, 3.8) is 0 Å². The molecule has 2 aromatic heterocycles. The van der Waals surface area contributed by atoms with Gasteiger partial charge >= 0.3 is 0 Å². The third kappa shape index (κ3) is 3.89. The summed E-state index contributed by atoms with van der Waals surface area (Å²) in [5.74, 6) is 1.26. The minimum absolute atomic E-state index is 0.102. The van der Waals surface area contributed by atoms with Gasteiger partial charge in [-0.25, -0.2) is 9.67 Å². The lowest BCUT2D eigenvalue weighted by Gasteiger charge is -2.12. The van der Waals surface area contributed by atoms with E-state index in [1.54, 1.807) is 17.1 Å². The van der Waals surface area contributed by atoms with Crippen LogP contribution in [0.5, 0.6) is 5.75 Å². The second-order valence-electron chi connectivity index (χ2n) is 6.54. The molecule has 0 bridgehead atoms. The summed E-state index contributed by atoms with van der Waals surface area (Å²) in [6.07, 6.45) is 4.96. The molecular weight excluding hydrogens is 356 g/mol. The van der Waals surface area contributed by atoms with E-state index < -0.39 is 0 Å². The lowest BCUT2D eigenvalue weighted by molar-refractivity contribution is 0.102. The molecule has 144 valence electrons. The molecule has 0 spiro atoms. The number of anilines is 1. The average Bonchev–Trinajstić information content (AvgIpc) is 3.39. The Hall–Kier alpha value is -3.19. The summed E-state index contributed by atoms with van der Waals surface area (Å²) in [7, 11) is 0. The topological polar surface area (TPSA) is 78.3 Å². The molecule has 0 aliphatic carbocycles. The first kappa shape index (κ1) is 18.2. The summed E-state index contributed by atoms with van der Waals surface area (Å²) in [5, 5.41) is 7.28. The van der Waals surface area contributed by atoms with Gasteiger partial charge in [0.05, 0.1) is 30.7 Å². The van der Waals surface area contributed by atoms with Crippen molar-refractivity contribution < 1.29 is 14.3 Å².